The summed E-state index contributed by atoms with van der Waals surface area (Å²) in [4.78, 5) is 24.1. The average molecular weight is 393 g/mol. The van der Waals surface area contributed by atoms with Gasteiger partial charge in [-0.15, -0.1) is 0 Å². The van der Waals surface area contributed by atoms with Crippen LogP contribution in [0, 0.1) is 5.41 Å². The average Bonchev–Trinajstić information content (AvgIpc) is 2.64. The fourth-order valence-electron chi connectivity index (χ4n) is 5.07. The molecule has 1 unspecified atom stereocenters. The molecule has 2 N–H and O–H groups in total. The summed E-state index contributed by atoms with van der Waals surface area (Å²) in [6.07, 6.45) is 1.69. The van der Waals surface area contributed by atoms with Crippen LogP contribution in [0.5, 0.6) is 0 Å². The molecule has 3 fully saturated rings. The van der Waals surface area contributed by atoms with Crippen LogP contribution in [0.4, 0.5) is 4.79 Å². The first-order chi connectivity index (χ1) is 13.8. The number of carboxylic acids is 1. The molecule has 5 heteroatoms. The summed E-state index contributed by atoms with van der Waals surface area (Å²) in [5.41, 5.74) is 3.16. The van der Waals surface area contributed by atoms with Crippen LogP contribution in [0.15, 0.2) is 54.6 Å². The third-order valence-corrected chi connectivity index (χ3v) is 6.57. The maximum absolute atomic E-state index is 12.2. The third-order valence-electron chi connectivity index (χ3n) is 6.57. The maximum atomic E-state index is 12.2. The number of carbonyl (C=O) groups is 2. The first-order valence-electron chi connectivity index (χ1n) is 10.1. The van der Waals surface area contributed by atoms with Crippen molar-refractivity contribution in [3.05, 3.63) is 71.3 Å². The lowest BCUT2D eigenvalue weighted by molar-refractivity contribution is -0.183. The Bertz CT molecular complexity index is 902. The molecule has 152 valence electrons. The van der Waals surface area contributed by atoms with Gasteiger partial charge in [0.25, 0.3) is 0 Å². The van der Waals surface area contributed by atoms with Gasteiger partial charge in [0.15, 0.2) is 0 Å². The van der Waals surface area contributed by atoms with Crippen LogP contribution in [0.25, 0.3) is 0 Å². The molecule has 0 saturated heterocycles. The zero-order valence-electron chi connectivity index (χ0n) is 16.9. The second kappa shape index (κ2) is 7.21. The number of ether oxygens (including phenoxy) is 1. The van der Waals surface area contributed by atoms with Gasteiger partial charge in [0.2, 0.25) is 0 Å². The zero-order chi connectivity index (χ0) is 20.6. The van der Waals surface area contributed by atoms with Crippen LogP contribution in [-0.2, 0) is 21.6 Å². The number of carbonyl (C=O) groups excluding carboxylic acids is 1. The van der Waals surface area contributed by atoms with Crippen LogP contribution in [0.3, 0.4) is 0 Å². The minimum absolute atomic E-state index is 0.0637. The molecule has 5 rings (SSSR count). The minimum Gasteiger partial charge on any atom is -0.480 e. The second-order valence-corrected chi connectivity index (χ2v) is 8.93. The zero-order valence-corrected chi connectivity index (χ0v) is 16.9. The van der Waals surface area contributed by atoms with E-state index in [9.17, 15) is 14.7 Å². The van der Waals surface area contributed by atoms with Crippen molar-refractivity contribution in [2.45, 2.75) is 57.1 Å². The van der Waals surface area contributed by atoms with E-state index < -0.39 is 18.1 Å². The number of nitrogens with one attached hydrogen (secondary N) is 1. The molecule has 0 aliphatic heterocycles. The Morgan fingerprint density at radius 1 is 1.07 bits per heavy atom. The number of amides is 1. The van der Waals surface area contributed by atoms with Gasteiger partial charge < -0.3 is 15.2 Å². The molecular weight excluding hydrogens is 366 g/mol. The molecule has 0 heterocycles. The molecule has 29 heavy (non-hydrogen) atoms. The Morgan fingerprint density at radius 3 is 2.38 bits per heavy atom. The fourth-order valence-corrected chi connectivity index (χ4v) is 5.07. The van der Waals surface area contributed by atoms with Crippen LogP contribution in [-0.4, -0.2) is 23.2 Å². The standard InChI is InChI=1S/C24H27NO4/c1-16(2)18-9-6-10-19(11-18)23-13-24(14-23,15-23)20(21(26)27)25-22(28)29-12-17-7-4-3-5-8-17/h3-11,16,20H,12-15H2,1-2H3,(H,25,28)(H,26,27). The van der Waals surface area contributed by atoms with E-state index >= 15 is 0 Å². The Balaban J connectivity index is 1.38. The summed E-state index contributed by atoms with van der Waals surface area (Å²) < 4.78 is 5.23. The van der Waals surface area contributed by atoms with Crippen molar-refractivity contribution >= 4 is 12.1 Å². The molecular formula is C24H27NO4. The molecule has 3 aliphatic rings. The molecule has 3 saturated carbocycles. The van der Waals surface area contributed by atoms with Gasteiger partial charge in [0.1, 0.15) is 12.6 Å². The molecule has 1 atom stereocenters. The number of benzene rings is 2. The quantitative estimate of drug-likeness (QED) is 0.720. The lowest BCUT2D eigenvalue weighted by atomic mass is 9.31. The van der Waals surface area contributed by atoms with E-state index in [-0.39, 0.29) is 17.4 Å². The minimum atomic E-state index is -0.995. The Hall–Kier alpha value is -2.82. The van der Waals surface area contributed by atoms with Crippen molar-refractivity contribution in [3.63, 3.8) is 0 Å². The second-order valence-electron chi connectivity index (χ2n) is 8.93. The summed E-state index contributed by atoms with van der Waals surface area (Å²) in [5.74, 6) is -0.532. The summed E-state index contributed by atoms with van der Waals surface area (Å²) >= 11 is 0. The Morgan fingerprint density at radius 2 is 1.76 bits per heavy atom. The molecule has 1 amide bonds. The molecule has 5 nitrogen and oxygen atoms in total. The number of rotatable bonds is 7. The molecule has 2 bridgehead atoms. The molecule has 0 radical (unpaired) electrons. The highest BCUT2D eigenvalue weighted by Crippen LogP contribution is 2.75. The van der Waals surface area contributed by atoms with E-state index in [2.05, 4.69) is 43.4 Å². The number of hydrogen-bond donors (Lipinski definition) is 2. The van der Waals surface area contributed by atoms with E-state index in [0.717, 1.165) is 24.8 Å². The summed E-state index contributed by atoms with van der Waals surface area (Å²) in [6.45, 7) is 4.47. The van der Waals surface area contributed by atoms with Gasteiger partial charge in [-0.3, -0.25) is 0 Å². The van der Waals surface area contributed by atoms with Gasteiger partial charge in [0, 0.05) is 5.41 Å². The number of hydrogen-bond acceptors (Lipinski definition) is 3. The van der Waals surface area contributed by atoms with Crippen molar-refractivity contribution in [1.29, 1.82) is 0 Å². The van der Waals surface area contributed by atoms with Crippen molar-refractivity contribution in [1.82, 2.24) is 5.32 Å². The first-order valence-corrected chi connectivity index (χ1v) is 10.1. The molecule has 0 spiro atoms. The van der Waals surface area contributed by atoms with E-state index in [1.54, 1.807) is 0 Å². The van der Waals surface area contributed by atoms with E-state index in [1.807, 2.05) is 30.3 Å². The van der Waals surface area contributed by atoms with E-state index in [1.165, 1.54) is 11.1 Å². The normalized spacial score (nSPS) is 25.5. The lowest BCUT2D eigenvalue weighted by Gasteiger charge is -2.72. The third kappa shape index (κ3) is 3.50. The summed E-state index contributed by atoms with van der Waals surface area (Å²) in [5, 5.41) is 12.3. The lowest BCUT2D eigenvalue weighted by Crippen LogP contribution is -2.73. The highest BCUT2D eigenvalue weighted by Gasteiger charge is 2.72. The predicted molar refractivity (Wildman–Crippen MR) is 110 cm³/mol. The SMILES string of the molecule is CC(C)c1cccc(C23CC(C(NC(=O)OCc4ccccc4)C(=O)O)(C2)C3)c1. The smallest absolute Gasteiger partial charge is 0.408 e. The maximum Gasteiger partial charge on any atom is 0.408 e. The molecule has 2 aromatic rings. The largest absolute Gasteiger partial charge is 0.480 e. The topological polar surface area (TPSA) is 75.6 Å². The number of aliphatic carboxylic acids is 1. The van der Waals surface area contributed by atoms with Crippen molar-refractivity contribution < 1.29 is 19.4 Å². The number of carboxylic acid groups (broad SMARTS) is 1. The van der Waals surface area contributed by atoms with Gasteiger partial charge in [-0.05, 0) is 47.3 Å². The first kappa shape index (κ1) is 19.5. The molecule has 2 aromatic carbocycles. The molecule has 0 aromatic heterocycles. The number of alkyl carbamates (subject to hydrolysis) is 1. The fraction of sp³-hybridized carbons (Fsp3) is 0.417. The predicted octanol–water partition coefficient (Wildman–Crippen LogP) is 4.61. The van der Waals surface area contributed by atoms with Gasteiger partial charge in [0.05, 0.1) is 0 Å². The summed E-state index contributed by atoms with van der Waals surface area (Å²) in [7, 11) is 0. The molecule has 3 aliphatic carbocycles. The van der Waals surface area contributed by atoms with E-state index in [0.29, 0.717) is 5.92 Å². The van der Waals surface area contributed by atoms with E-state index in [4.69, 9.17) is 4.74 Å². The van der Waals surface area contributed by atoms with Crippen LogP contribution < -0.4 is 5.32 Å². The monoisotopic (exact) mass is 393 g/mol. The van der Waals surface area contributed by atoms with Crippen LogP contribution in [0.2, 0.25) is 0 Å². The van der Waals surface area contributed by atoms with Gasteiger partial charge >= 0.3 is 12.1 Å². The van der Waals surface area contributed by atoms with Gasteiger partial charge in [-0.25, -0.2) is 9.59 Å². The van der Waals surface area contributed by atoms with Gasteiger partial charge in [-0.1, -0.05) is 68.4 Å². The van der Waals surface area contributed by atoms with Crippen molar-refractivity contribution in [3.8, 4) is 0 Å². The Labute approximate surface area is 171 Å². The van der Waals surface area contributed by atoms with Crippen LogP contribution in [0.1, 0.15) is 55.7 Å². The highest BCUT2D eigenvalue weighted by molar-refractivity contribution is 5.82. The summed E-state index contributed by atoms with van der Waals surface area (Å²) in [6, 6.07) is 17.1. The Kier molecular flexibility index (Phi) is 4.85. The van der Waals surface area contributed by atoms with Gasteiger partial charge in [-0.2, -0.15) is 0 Å². The highest BCUT2D eigenvalue weighted by atomic mass is 16.5. The van der Waals surface area contributed by atoms with Crippen molar-refractivity contribution in [2.75, 3.05) is 0 Å². The van der Waals surface area contributed by atoms with Crippen LogP contribution >= 0.6 is 0 Å². The van der Waals surface area contributed by atoms with Crippen molar-refractivity contribution in [2.24, 2.45) is 5.41 Å².